The van der Waals surface area contributed by atoms with Gasteiger partial charge in [-0.15, -0.1) is 0 Å². The number of aromatic nitrogens is 1. The Bertz CT molecular complexity index is 292. The normalized spacial score (nSPS) is 11.6. The fourth-order valence-electron chi connectivity index (χ4n) is 1.59. The van der Waals surface area contributed by atoms with Crippen LogP contribution in [0.1, 0.15) is 45.8 Å². The summed E-state index contributed by atoms with van der Waals surface area (Å²) in [7, 11) is 0. The molecule has 0 aliphatic carbocycles. The van der Waals surface area contributed by atoms with E-state index in [9.17, 15) is 0 Å². The zero-order chi connectivity index (χ0) is 12.0. The third kappa shape index (κ3) is 5.31. The first-order chi connectivity index (χ1) is 7.58. The van der Waals surface area contributed by atoms with Crippen molar-refractivity contribution >= 4 is 0 Å². The smallest absolute Gasteiger partial charge is 0.194 e. The molecular weight excluding hydrogens is 200 g/mol. The lowest BCUT2D eigenvalue weighted by atomic mass is 10.1. The fourth-order valence-corrected chi connectivity index (χ4v) is 1.59. The molecule has 0 aliphatic rings. The number of nitrogens with zero attached hydrogens (tertiary/aromatic N) is 1. The van der Waals surface area contributed by atoms with Crippen LogP contribution in [-0.2, 0) is 12.8 Å². The van der Waals surface area contributed by atoms with Crippen molar-refractivity contribution in [1.82, 2.24) is 10.3 Å². The van der Waals surface area contributed by atoms with Crippen LogP contribution >= 0.6 is 0 Å². The minimum atomic E-state index is 0.557. The van der Waals surface area contributed by atoms with Gasteiger partial charge in [-0.3, -0.25) is 0 Å². The van der Waals surface area contributed by atoms with Crippen LogP contribution in [0, 0.1) is 5.92 Å². The molecule has 0 saturated heterocycles. The number of hydrogen-bond acceptors (Lipinski definition) is 3. The summed E-state index contributed by atoms with van der Waals surface area (Å²) in [6.45, 7) is 9.72. The van der Waals surface area contributed by atoms with Crippen molar-refractivity contribution in [3.8, 4) is 0 Å². The molecule has 16 heavy (non-hydrogen) atoms. The maximum atomic E-state index is 5.66. The van der Waals surface area contributed by atoms with Gasteiger partial charge in [-0.2, -0.15) is 0 Å². The molecule has 0 spiro atoms. The molecule has 3 nitrogen and oxygen atoms in total. The summed E-state index contributed by atoms with van der Waals surface area (Å²) in [6.07, 6.45) is 4.86. The third-order valence-electron chi connectivity index (χ3n) is 2.33. The van der Waals surface area contributed by atoms with E-state index >= 15 is 0 Å². The monoisotopic (exact) mass is 224 g/mol. The topological polar surface area (TPSA) is 38.1 Å². The van der Waals surface area contributed by atoms with Gasteiger partial charge in [-0.25, -0.2) is 4.98 Å². The Morgan fingerprint density at radius 2 is 2.06 bits per heavy atom. The Morgan fingerprint density at radius 1 is 1.31 bits per heavy atom. The highest BCUT2D eigenvalue weighted by molar-refractivity contribution is 4.95. The van der Waals surface area contributed by atoms with E-state index in [2.05, 4.69) is 38.0 Å². The largest absolute Gasteiger partial charge is 0.446 e. The highest BCUT2D eigenvalue weighted by atomic mass is 16.4. The van der Waals surface area contributed by atoms with Crippen molar-refractivity contribution in [2.75, 3.05) is 6.54 Å². The van der Waals surface area contributed by atoms with Crippen LogP contribution in [0.3, 0.4) is 0 Å². The fraction of sp³-hybridized carbons (Fsp3) is 0.769. The lowest BCUT2D eigenvalue weighted by Gasteiger charge is -2.06. The highest BCUT2D eigenvalue weighted by Gasteiger charge is 2.05. The summed E-state index contributed by atoms with van der Waals surface area (Å²) in [5.41, 5.74) is 0. The molecule has 0 aromatic carbocycles. The van der Waals surface area contributed by atoms with Crippen LogP contribution in [0.15, 0.2) is 10.6 Å². The zero-order valence-electron chi connectivity index (χ0n) is 10.9. The molecule has 3 heteroatoms. The molecule has 1 aromatic rings. The maximum Gasteiger partial charge on any atom is 0.194 e. The Kier molecular flexibility index (Phi) is 5.53. The van der Waals surface area contributed by atoms with Crippen LogP contribution < -0.4 is 5.32 Å². The quantitative estimate of drug-likeness (QED) is 0.724. The lowest BCUT2D eigenvalue weighted by molar-refractivity contribution is 0.424. The van der Waals surface area contributed by atoms with Crippen LogP contribution in [0.25, 0.3) is 0 Å². The van der Waals surface area contributed by atoms with E-state index in [1.165, 1.54) is 0 Å². The second-order valence-corrected chi connectivity index (χ2v) is 5.03. The molecule has 0 bridgehead atoms. The summed E-state index contributed by atoms with van der Waals surface area (Å²) in [5.74, 6) is 2.52. The molecule has 0 atom stereocenters. The number of nitrogens with one attached hydrogen (secondary N) is 1. The zero-order valence-corrected chi connectivity index (χ0v) is 10.9. The summed E-state index contributed by atoms with van der Waals surface area (Å²) in [6, 6.07) is 0.557. The second kappa shape index (κ2) is 6.69. The minimum absolute atomic E-state index is 0.557. The molecule has 1 heterocycles. The van der Waals surface area contributed by atoms with Gasteiger partial charge in [0, 0.05) is 18.9 Å². The molecule has 0 radical (unpaired) electrons. The second-order valence-electron chi connectivity index (χ2n) is 5.03. The van der Waals surface area contributed by atoms with Gasteiger partial charge in [0.15, 0.2) is 5.89 Å². The van der Waals surface area contributed by atoms with Crippen molar-refractivity contribution < 1.29 is 4.42 Å². The van der Waals surface area contributed by atoms with Crippen molar-refractivity contribution in [1.29, 1.82) is 0 Å². The molecule has 0 fully saturated rings. The van der Waals surface area contributed by atoms with Gasteiger partial charge in [-0.05, 0) is 18.9 Å². The predicted molar refractivity (Wildman–Crippen MR) is 66.5 cm³/mol. The van der Waals surface area contributed by atoms with Crippen LogP contribution in [0.4, 0.5) is 0 Å². The summed E-state index contributed by atoms with van der Waals surface area (Å²) in [4.78, 5) is 4.29. The average Bonchev–Trinajstić information content (AvgIpc) is 2.59. The molecule has 1 rings (SSSR count). The van der Waals surface area contributed by atoms with E-state index < -0.39 is 0 Å². The predicted octanol–water partition coefficient (Wildman–Crippen LogP) is 2.80. The average molecular weight is 224 g/mol. The van der Waals surface area contributed by atoms with E-state index in [1.54, 1.807) is 0 Å². The summed E-state index contributed by atoms with van der Waals surface area (Å²) >= 11 is 0. The van der Waals surface area contributed by atoms with Gasteiger partial charge in [0.25, 0.3) is 0 Å². The van der Waals surface area contributed by atoms with E-state index in [1.807, 2.05) is 6.20 Å². The maximum absolute atomic E-state index is 5.66. The third-order valence-corrected chi connectivity index (χ3v) is 2.33. The van der Waals surface area contributed by atoms with E-state index in [4.69, 9.17) is 4.42 Å². The first-order valence-electron chi connectivity index (χ1n) is 6.25. The molecule has 0 aliphatic heterocycles. The Hall–Kier alpha value is -0.830. The number of aryl methyl sites for hydroxylation is 1. The molecular formula is C13H24N2O. The molecule has 0 saturated carbocycles. The van der Waals surface area contributed by atoms with Crippen molar-refractivity contribution in [3.63, 3.8) is 0 Å². The van der Waals surface area contributed by atoms with Crippen molar-refractivity contribution in [2.24, 2.45) is 5.92 Å². The number of oxazole rings is 1. The molecule has 0 unspecified atom stereocenters. The summed E-state index contributed by atoms with van der Waals surface area (Å²) < 4.78 is 5.66. The van der Waals surface area contributed by atoms with Gasteiger partial charge in [-0.1, -0.05) is 27.7 Å². The van der Waals surface area contributed by atoms with Crippen molar-refractivity contribution in [3.05, 3.63) is 17.8 Å². The van der Waals surface area contributed by atoms with Crippen molar-refractivity contribution in [2.45, 2.75) is 53.0 Å². The van der Waals surface area contributed by atoms with E-state index in [0.717, 1.165) is 37.5 Å². The van der Waals surface area contributed by atoms with Gasteiger partial charge in [0.1, 0.15) is 5.76 Å². The van der Waals surface area contributed by atoms with Gasteiger partial charge >= 0.3 is 0 Å². The standard InChI is InChI=1S/C13H24N2O/c1-10(2)8-12-9-15-13(16-12)6-5-7-14-11(3)4/h9-11,14H,5-8H2,1-4H3. The van der Waals surface area contributed by atoms with Gasteiger partial charge in [0.2, 0.25) is 0 Å². The minimum Gasteiger partial charge on any atom is -0.446 e. The molecule has 1 N–H and O–H groups in total. The first kappa shape index (κ1) is 13.2. The Morgan fingerprint density at radius 3 is 2.69 bits per heavy atom. The molecule has 92 valence electrons. The number of rotatable bonds is 7. The first-order valence-corrected chi connectivity index (χ1v) is 6.25. The Labute approximate surface area is 98.6 Å². The van der Waals surface area contributed by atoms with E-state index in [0.29, 0.717) is 12.0 Å². The lowest BCUT2D eigenvalue weighted by Crippen LogP contribution is -2.23. The highest BCUT2D eigenvalue weighted by Crippen LogP contribution is 2.10. The van der Waals surface area contributed by atoms with Crippen LogP contribution in [0.2, 0.25) is 0 Å². The molecule has 1 aromatic heterocycles. The Balaban J connectivity index is 2.24. The van der Waals surface area contributed by atoms with Crippen LogP contribution in [-0.4, -0.2) is 17.6 Å². The van der Waals surface area contributed by atoms with Crippen LogP contribution in [0.5, 0.6) is 0 Å². The van der Waals surface area contributed by atoms with Gasteiger partial charge in [0.05, 0.1) is 6.20 Å². The van der Waals surface area contributed by atoms with E-state index in [-0.39, 0.29) is 0 Å². The summed E-state index contributed by atoms with van der Waals surface area (Å²) in [5, 5.41) is 3.39. The number of hydrogen-bond donors (Lipinski definition) is 1. The molecule has 0 amide bonds. The van der Waals surface area contributed by atoms with Gasteiger partial charge < -0.3 is 9.73 Å². The SMILES string of the molecule is CC(C)Cc1cnc(CCCNC(C)C)o1.